The van der Waals surface area contributed by atoms with Crippen LogP contribution in [0.4, 0.5) is 5.69 Å². The monoisotopic (exact) mass is 393 g/mol. The smallest absolute Gasteiger partial charge is 0.339 e. The van der Waals surface area contributed by atoms with Crippen LogP contribution in [-0.4, -0.2) is 28.3 Å². The Morgan fingerprint density at radius 3 is 2.86 bits per heavy atom. The number of hydrogen-bond acceptors (Lipinski definition) is 7. The molecule has 8 heteroatoms. The molecule has 0 saturated carbocycles. The zero-order valence-electron chi connectivity index (χ0n) is 14.7. The van der Waals surface area contributed by atoms with Gasteiger partial charge in [-0.25, -0.2) is 9.78 Å². The maximum absolute atomic E-state index is 11.1. The second kappa shape index (κ2) is 8.24. The summed E-state index contributed by atoms with van der Waals surface area (Å²) in [6.45, 7) is 0. The van der Waals surface area contributed by atoms with E-state index >= 15 is 0 Å². The van der Waals surface area contributed by atoms with Gasteiger partial charge >= 0.3 is 5.97 Å². The van der Waals surface area contributed by atoms with Crippen molar-refractivity contribution in [3.63, 3.8) is 0 Å². The molecule has 0 aliphatic rings. The highest BCUT2D eigenvalue weighted by Crippen LogP contribution is 2.28. The molecule has 0 aliphatic carbocycles. The molecule has 1 heterocycles. The number of nitriles is 1. The number of benzene rings is 2. The van der Waals surface area contributed by atoms with Crippen molar-refractivity contribution in [2.45, 2.75) is 0 Å². The molecule has 0 aliphatic heterocycles. The number of nitrogens with zero attached hydrogens (tertiary/aromatic N) is 2. The Kier molecular flexibility index (Phi) is 5.58. The van der Waals surface area contributed by atoms with Crippen LogP contribution in [0, 0.1) is 11.3 Å². The topological polar surface area (TPSA) is 115 Å². The van der Waals surface area contributed by atoms with Gasteiger partial charge in [0.05, 0.1) is 12.8 Å². The minimum Gasteiger partial charge on any atom is -0.507 e. The minimum absolute atomic E-state index is 0.230. The largest absolute Gasteiger partial charge is 0.507 e. The fraction of sp³-hybridized carbons (Fsp3) is 0.0500. The first-order valence-electron chi connectivity index (χ1n) is 8.05. The van der Waals surface area contributed by atoms with Crippen LogP contribution in [0.15, 0.2) is 54.0 Å². The summed E-state index contributed by atoms with van der Waals surface area (Å²) in [4.78, 5) is 15.6. The highest BCUT2D eigenvalue weighted by Gasteiger charge is 2.12. The van der Waals surface area contributed by atoms with Crippen LogP contribution in [0.5, 0.6) is 11.5 Å². The van der Waals surface area contributed by atoms with Crippen molar-refractivity contribution in [3.05, 3.63) is 64.6 Å². The number of ether oxygens (including phenoxy) is 1. The average Bonchev–Trinajstić information content (AvgIpc) is 3.19. The zero-order valence-corrected chi connectivity index (χ0v) is 15.5. The number of carboxylic acids is 1. The standard InChI is InChI=1S/C20H15N3O4S/c1-27-15-4-2-3-12(7-15)17-11-28-19(23-17)13(9-21)10-22-14-5-6-18(24)16(8-14)20(25)26/h2-8,10-11,22,24H,1H3,(H,25,26)/b13-10+. The Morgan fingerprint density at radius 2 is 2.14 bits per heavy atom. The van der Waals surface area contributed by atoms with Gasteiger partial charge in [0.1, 0.15) is 33.7 Å². The maximum Gasteiger partial charge on any atom is 0.339 e. The first kappa shape index (κ1) is 18.9. The number of nitrogens with one attached hydrogen (secondary N) is 1. The van der Waals surface area contributed by atoms with Gasteiger partial charge in [-0.3, -0.25) is 0 Å². The maximum atomic E-state index is 11.1. The third-order valence-corrected chi connectivity index (χ3v) is 4.71. The van der Waals surface area contributed by atoms with Crippen LogP contribution in [0.3, 0.4) is 0 Å². The molecular formula is C20H15N3O4S. The first-order chi connectivity index (χ1) is 13.5. The van der Waals surface area contributed by atoms with Crippen LogP contribution >= 0.6 is 11.3 Å². The number of thiazole rings is 1. The third kappa shape index (κ3) is 4.11. The number of aromatic nitrogens is 1. The molecule has 3 N–H and O–H groups in total. The summed E-state index contributed by atoms with van der Waals surface area (Å²) in [5, 5.41) is 33.3. The summed E-state index contributed by atoms with van der Waals surface area (Å²) in [7, 11) is 1.59. The number of aromatic carboxylic acids is 1. The normalized spacial score (nSPS) is 10.9. The van der Waals surface area contributed by atoms with Crippen molar-refractivity contribution < 1.29 is 19.7 Å². The van der Waals surface area contributed by atoms with E-state index in [-0.39, 0.29) is 11.3 Å². The number of carbonyl (C=O) groups is 1. The summed E-state index contributed by atoms with van der Waals surface area (Å²) in [5.74, 6) is -0.856. The molecule has 0 fully saturated rings. The molecule has 0 unspecified atom stereocenters. The van der Waals surface area contributed by atoms with Crippen LogP contribution in [0.1, 0.15) is 15.4 Å². The van der Waals surface area contributed by atoms with Crippen LogP contribution in [-0.2, 0) is 0 Å². The van der Waals surface area contributed by atoms with Gasteiger partial charge in [-0.2, -0.15) is 5.26 Å². The molecule has 0 spiro atoms. The molecule has 3 aromatic rings. The third-order valence-electron chi connectivity index (χ3n) is 3.83. The Morgan fingerprint density at radius 1 is 1.32 bits per heavy atom. The Hall–Kier alpha value is -3.83. The van der Waals surface area contributed by atoms with E-state index in [2.05, 4.69) is 16.4 Å². The first-order valence-corrected chi connectivity index (χ1v) is 8.93. The Balaban J connectivity index is 1.84. The van der Waals surface area contributed by atoms with E-state index in [1.807, 2.05) is 29.6 Å². The minimum atomic E-state index is -1.24. The quantitative estimate of drug-likeness (QED) is 0.424. The molecule has 0 saturated heterocycles. The molecular weight excluding hydrogens is 378 g/mol. The average molecular weight is 393 g/mol. The number of allylic oxidation sites excluding steroid dienone is 1. The predicted octanol–water partition coefficient (Wildman–Crippen LogP) is 4.20. The van der Waals surface area contributed by atoms with Gasteiger partial charge in [0.25, 0.3) is 0 Å². The van der Waals surface area contributed by atoms with Gasteiger partial charge in [0.15, 0.2) is 0 Å². The number of rotatable bonds is 6. The molecule has 0 amide bonds. The van der Waals surface area contributed by atoms with E-state index in [9.17, 15) is 15.2 Å². The lowest BCUT2D eigenvalue weighted by atomic mass is 10.1. The number of methoxy groups -OCH3 is 1. The SMILES string of the molecule is COc1cccc(-c2csc(/C(C#N)=C/Nc3ccc(O)c(C(=O)O)c3)n2)c1. The molecule has 28 heavy (non-hydrogen) atoms. The van der Waals surface area contributed by atoms with E-state index in [4.69, 9.17) is 9.84 Å². The molecule has 7 nitrogen and oxygen atoms in total. The molecule has 0 atom stereocenters. The number of phenols is 1. The highest BCUT2D eigenvalue weighted by atomic mass is 32.1. The molecule has 3 rings (SSSR count). The summed E-state index contributed by atoms with van der Waals surface area (Å²) in [6.07, 6.45) is 1.45. The van der Waals surface area contributed by atoms with Gasteiger partial charge in [-0.05, 0) is 30.3 Å². The number of anilines is 1. The number of hydrogen-bond donors (Lipinski definition) is 3. The molecule has 0 bridgehead atoms. The van der Waals surface area contributed by atoms with Crippen LogP contribution in [0.25, 0.3) is 16.8 Å². The lowest BCUT2D eigenvalue weighted by molar-refractivity contribution is 0.0694. The lowest BCUT2D eigenvalue weighted by Crippen LogP contribution is -1.98. The number of carboxylic acid groups (broad SMARTS) is 1. The van der Waals surface area contributed by atoms with E-state index in [0.29, 0.717) is 22.0 Å². The van der Waals surface area contributed by atoms with Crippen molar-refractivity contribution in [1.82, 2.24) is 4.98 Å². The van der Waals surface area contributed by atoms with E-state index < -0.39 is 5.97 Å². The van der Waals surface area contributed by atoms with Gasteiger partial charge < -0.3 is 20.3 Å². The molecule has 1 aromatic heterocycles. The van der Waals surface area contributed by atoms with Gasteiger partial charge in [0.2, 0.25) is 0 Å². The van der Waals surface area contributed by atoms with Crippen molar-refractivity contribution in [3.8, 4) is 28.8 Å². The van der Waals surface area contributed by atoms with Crippen molar-refractivity contribution in [1.29, 1.82) is 5.26 Å². The summed E-state index contributed by atoms with van der Waals surface area (Å²) < 4.78 is 5.22. The molecule has 2 aromatic carbocycles. The summed E-state index contributed by atoms with van der Waals surface area (Å²) in [6, 6.07) is 13.6. The van der Waals surface area contributed by atoms with Crippen LogP contribution < -0.4 is 10.1 Å². The molecule has 140 valence electrons. The molecule has 0 radical (unpaired) electrons. The second-order valence-electron chi connectivity index (χ2n) is 5.62. The predicted molar refractivity (Wildman–Crippen MR) is 106 cm³/mol. The van der Waals surface area contributed by atoms with Crippen LogP contribution in [0.2, 0.25) is 0 Å². The fourth-order valence-electron chi connectivity index (χ4n) is 2.41. The second-order valence-corrected chi connectivity index (χ2v) is 6.48. The summed E-state index contributed by atoms with van der Waals surface area (Å²) in [5.41, 5.74) is 2.08. The Bertz CT molecular complexity index is 1100. The van der Waals surface area contributed by atoms with Crippen molar-refractivity contribution in [2.24, 2.45) is 0 Å². The zero-order chi connectivity index (χ0) is 20.1. The van der Waals surface area contributed by atoms with Crippen molar-refractivity contribution >= 4 is 28.6 Å². The van der Waals surface area contributed by atoms with Gasteiger partial charge in [-0.15, -0.1) is 11.3 Å². The van der Waals surface area contributed by atoms with Crippen molar-refractivity contribution in [2.75, 3.05) is 12.4 Å². The lowest BCUT2D eigenvalue weighted by Gasteiger charge is -2.05. The Labute approximate surface area is 164 Å². The number of aromatic hydroxyl groups is 1. The van der Waals surface area contributed by atoms with Gasteiger partial charge in [-0.1, -0.05) is 12.1 Å². The van der Waals surface area contributed by atoms with E-state index in [1.165, 1.54) is 35.7 Å². The van der Waals surface area contributed by atoms with E-state index in [1.54, 1.807) is 7.11 Å². The van der Waals surface area contributed by atoms with E-state index in [0.717, 1.165) is 11.3 Å². The van der Waals surface area contributed by atoms with Gasteiger partial charge in [0, 0.05) is 22.8 Å². The fourth-order valence-corrected chi connectivity index (χ4v) is 3.20. The highest BCUT2D eigenvalue weighted by molar-refractivity contribution is 7.11. The summed E-state index contributed by atoms with van der Waals surface area (Å²) >= 11 is 1.32.